The molecule has 8 nitrogen and oxygen atoms in total. The van der Waals surface area contributed by atoms with Crippen LogP contribution in [-0.2, 0) is 16.1 Å². The lowest BCUT2D eigenvalue weighted by Crippen LogP contribution is -2.40. The van der Waals surface area contributed by atoms with Gasteiger partial charge < -0.3 is 14.7 Å². The van der Waals surface area contributed by atoms with Crippen LogP contribution < -0.4 is 0 Å². The van der Waals surface area contributed by atoms with E-state index < -0.39 is 0 Å². The van der Waals surface area contributed by atoms with Crippen LogP contribution in [0.2, 0.25) is 0 Å². The SMILES string of the molecule is CO[C@H]1C[C@@H](CO)N(C(=O)Cn2nnnc2C(C)C)C1. The van der Waals surface area contributed by atoms with Crippen LogP contribution in [0, 0.1) is 0 Å². The molecule has 1 aromatic rings. The van der Waals surface area contributed by atoms with Gasteiger partial charge in [-0.2, -0.15) is 0 Å². The normalized spacial score (nSPS) is 22.8. The molecular formula is C12H21N5O3. The van der Waals surface area contributed by atoms with Crippen molar-refractivity contribution in [2.24, 2.45) is 0 Å². The van der Waals surface area contributed by atoms with E-state index in [0.29, 0.717) is 18.8 Å². The van der Waals surface area contributed by atoms with Crippen LogP contribution in [0.5, 0.6) is 0 Å². The number of carbonyl (C=O) groups is 1. The van der Waals surface area contributed by atoms with Crippen molar-refractivity contribution in [3.05, 3.63) is 5.82 Å². The van der Waals surface area contributed by atoms with Gasteiger partial charge in [-0.25, -0.2) is 4.68 Å². The molecule has 1 saturated heterocycles. The predicted octanol–water partition coefficient (Wildman–Crippen LogP) is -0.595. The Bertz CT molecular complexity index is 462. The fourth-order valence-corrected chi connectivity index (χ4v) is 2.48. The van der Waals surface area contributed by atoms with Gasteiger partial charge in [0, 0.05) is 19.6 Å². The van der Waals surface area contributed by atoms with Crippen LogP contribution >= 0.6 is 0 Å². The monoisotopic (exact) mass is 283 g/mol. The highest BCUT2D eigenvalue weighted by Crippen LogP contribution is 2.20. The minimum absolute atomic E-state index is 0.0189. The number of likely N-dealkylation sites (tertiary alicyclic amines) is 1. The topological polar surface area (TPSA) is 93.4 Å². The maximum absolute atomic E-state index is 12.4. The fourth-order valence-electron chi connectivity index (χ4n) is 2.48. The lowest BCUT2D eigenvalue weighted by atomic mass is 10.2. The van der Waals surface area contributed by atoms with E-state index in [0.717, 1.165) is 0 Å². The molecule has 2 rings (SSSR count). The molecule has 1 fully saturated rings. The minimum Gasteiger partial charge on any atom is -0.394 e. The van der Waals surface area contributed by atoms with Crippen LogP contribution in [0.15, 0.2) is 0 Å². The van der Waals surface area contributed by atoms with Gasteiger partial charge in [-0.3, -0.25) is 4.79 Å². The minimum atomic E-state index is -0.188. The molecular weight excluding hydrogens is 262 g/mol. The van der Waals surface area contributed by atoms with Crippen LogP contribution in [0.25, 0.3) is 0 Å². The fraction of sp³-hybridized carbons (Fsp3) is 0.833. The lowest BCUT2D eigenvalue weighted by molar-refractivity contribution is -0.134. The Hall–Kier alpha value is -1.54. The van der Waals surface area contributed by atoms with Gasteiger partial charge in [-0.15, -0.1) is 5.10 Å². The Morgan fingerprint density at radius 3 is 2.90 bits per heavy atom. The third-order valence-electron chi connectivity index (χ3n) is 3.60. The first-order chi connectivity index (χ1) is 9.56. The number of methoxy groups -OCH3 is 1. The number of ether oxygens (including phenoxy) is 1. The van der Waals surface area contributed by atoms with Crippen molar-refractivity contribution >= 4 is 5.91 Å². The summed E-state index contributed by atoms with van der Waals surface area (Å²) >= 11 is 0. The molecule has 8 heteroatoms. The number of aliphatic hydroxyl groups excluding tert-OH is 1. The number of aliphatic hydroxyl groups is 1. The Balaban J connectivity index is 2.06. The van der Waals surface area contributed by atoms with E-state index >= 15 is 0 Å². The van der Waals surface area contributed by atoms with E-state index in [1.54, 1.807) is 12.0 Å². The summed E-state index contributed by atoms with van der Waals surface area (Å²) in [4.78, 5) is 14.0. The highest BCUT2D eigenvalue weighted by Gasteiger charge is 2.35. The van der Waals surface area contributed by atoms with Gasteiger partial charge in [-0.1, -0.05) is 13.8 Å². The highest BCUT2D eigenvalue weighted by molar-refractivity contribution is 5.76. The van der Waals surface area contributed by atoms with Crippen LogP contribution in [0.1, 0.15) is 32.0 Å². The first kappa shape index (κ1) is 14.9. The second-order valence-electron chi connectivity index (χ2n) is 5.33. The first-order valence-corrected chi connectivity index (χ1v) is 6.76. The van der Waals surface area contributed by atoms with Gasteiger partial charge in [0.25, 0.3) is 0 Å². The second kappa shape index (κ2) is 6.27. The molecule has 2 atom stereocenters. The number of hydrogen-bond acceptors (Lipinski definition) is 6. The molecule has 0 saturated carbocycles. The smallest absolute Gasteiger partial charge is 0.244 e. The van der Waals surface area contributed by atoms with Gasteiger partial charge in [-0.05, 0) is 16.8 Å². The van der Waals surface area contributed by atoms with E-state index in [1.165, 1.54) is 4.68 Å². The van der Waals surface area contributed by atoms with E-state index in [4.69, 9.17) is 4.74 Å². The summed E-state index contributed by atoms with van der Waals surface area (Å²) in [5.41, 5.74) is 0. The van der Waals surface area contributed by atoms with Crippen LogP contribution in [0.3, 0.4) is 0 Å². The van der Waals surface area contributed by atoms with Crippen molar-refractivity contribution < 1.29 is 14.6 Å². The van der Waals surface area contributed by atoms with Crippen molar-refractivity contribution in [3.8, 4) is 0 Å². The van der Waals surface area contributed by atoms with Gasteiger partial charge in [0.1, 0.15) is 6.54 Å². The molecule has 0 aromatic carbocycles. The Morgan fingerprint density at radius 2 is 2.30 bits per heavy atom. The van der Waals surface area contributed by atoms with Gasteiger partial charge in [0.2, 0.25) is 5.91 Å². The molecule has 0 spiro atoms. The summed E-state index contributed by atoms with van der Waals surface area (Å²) in [5, 5.41) is 20.8. The number of amides is 1. The summed E-state index contributed by atoms with van der Waals surface area (Å²) in [6, 6.07) is -0.188. The first-order valence-electron chi connectivity index (χ1n) is 6.76. The lowest BCUT2D eigenvalue weighted by Gasteiger charge is -2.22. The Kier molecular flexibility index (Phi) is 4.66. The van der Waals surface area contributed by atoms with Crippen molar-refractivity contribution in [3.63, 3.8) is 0 Å². The van der Waals surface area contributed by atoms with Gasteiger partial charge in [0.05, 0.1) is 18.8 Å². The molecule has 0 aliphatic carbocycles. The van der Waals surface area contributed by atoms with Crippen molar-refractivity contribution in [1.82, 2.24) is 25.1 Å². The zero-order valence-corrected chi connectivity index (χ0v) is 12.1. The number of aromatic nitrogens is 4. The summed E-state index contributed by atoms with van der Waals surface area (Å²) in [5.74, 6) is 0.732. The third-order valence-corrected chi connectivity index (χ3v) is 3.60. The zero-order valence-electron chi connectivity index (χ0n) is 12.1. The zero-order chi connectivity index (χ0) is 14.7. The molecule has 0 unspecified atom stereocenters. The predicted molar refractivity (Wildman–Crippen MR) is 69.9 cm³/mol. The summed E-state index contributed by atoms with van der Waals surface area (Å²) in [6.07, 6.45) is 0.639. The molecule has 0 radical (unpaired) electrons. The van der Waals surface area contributed by atoms with Crippen molar-refractivity contribution in [2.45, 2.75) is 44.9 Å². The quantitative estimate of drug-likeness (QED) is 0.776. The largest absolute Gasteiger partial charge is 0.394 e. The van der Waals surface area contributed by atoms with Crippen LogP contribution in [0.4, 0.5) is 0 Å². The number of tetrazole rings is 1. The Morgan fingerprint density at radius 1 is 1.55 bits per heavy atom. The van der Waals surface area contributed by atoms with Gasteiger partial charge in [0.15, 0.2) is 5.82 Å². The maximum Gasteiger partial charge on any atom is 0.244 e. The van der Waals surface area contributed by atoms with E-state index in [-0.39, 0.29) is 37.1 Å². The standard InChI is InChI=1S/C12H21N5O3/c1-8(2)12-13-14-15-17(12)6-11(19)16-5-10(20-3)4-9(16)7-18/h8-10,18H,4-7H2,1-3H3/t9-,10-/m0/s1. The molecule has 20 heavy (non-hydrogen) atoms. The highest BCUT2D eigenvalue weighted by atomic mass is 16.5. The molecule has 1 aromatic heterocycles. The van der Waals surface area contributed by atoms with Crippen LogP contribution in [-0.4, -0.2) is 68.5 Å². The summed E-state index contributed by atoms with van der Waals surface area (Å²) < 4.78 is 6.78. The number of carbonyl (C=O) groups excluding carboxylic acids is 1. The summed E-state index contributed by atoms with van der Waals surface area (Å²) in [6.45, 7) is 4.48. The molecule has 1 amide bonds. The molecule has 1 aliphatic rings. The maximum atomic E-state index is 12.4. The summed E-state index contributed by atoms with van der Waals surface area (Å²) in [7, 11) is 1.62. The second-order valence-corrected chi connectivity index (χ2v) is 5.33. The molecule has 1 aliphatic heterocycles. The molecule has 112 valence electrons. The van der Waals surface area contributed by atoms with E-state index in [9.17, 15) is 9.90 Å². The third kappa shape index (κ3) is 2.96. The molecule has 2 heterocycles. The number of rotatable bonds is 5. The van der Waals surface area contributed by atoms with E-state index in [2.05, 4.69) is 15.5 Å². The van der Waals surface area contributed by atoms with E-state index in [1.807, 2.05) is 13.8 Å². The van der Waals surface area contributed by atoms with Crippen molar-refractivity contribution in [2.75, 3.05) is 20.3 Å². The average molecular weight is 283 g/mol. The Labute approximate surface area is 117 Å². The van der Waals surface area contributed by atoms with Gasteiger partial charge >= 0.3 is 0 Å². The molecule has 1 N–H and O–H groups in total. The number of nitrogens with zero attached hydrogens (tertiary/aromatic N) is 5. The number of hydrogen-bond donors (Lipinski definition) is 1. The average Bonchev–Trinajstić information content (AvgIpc) is 3.03. The van der Waals surface area contributed by atoms with Crippen molar-refractivity contribution in [1.29, 1.82) is 0 Å². The molecule has 0 bridgehead atoms.